The van der Waals surface area contributed by atoms with Gasteiger partial charge in [0.05, 0.1) is 11.6 Å². The van der Waals surface area contributed by atoms with Gasteiger partial charge in [0.25, 0.3) is 5.91 Å². The van der Waals surface area contributed by atoms with E-state index in [1.807, 2.05) is 6.07 Å². The molecule has 0 aliphatic carbocycles. The second kappa shape index (κ2) is 7.76. The summed E-state index contributed by atoms with van der Waals surface area (Å²) in [5.41, 5.74) is 2.36. The summed E-state index contributed by atoms with van der Waals surface area (Å²) in [7, 11) is 0. The Bertz CT molecular complexity index is 736. The Balaban J connectivity index is 1.58. The first-order valence-electron chi connectivity index (χ1n) is 8.32. The molecule has 1 aliphatic heterocycles. The van der Waals surface area contributed by atoms with Crippen molar-refractivity contribution in [2.75, 3.05) is 13.1 Å². The number of benzene rings is 2. The minimum atomic E-state index is -0.0985. The van der Waals surface area contributed by atoms with Gasteiger partial charge in [-0.1, -0.05) is 36.4 Å². The fourth-order valence-electron chi connectivity index (χ4n) is 3.16. The zero-order valence-corrected chi connectivity index (χ0v) is 13.6. The summed E-state index contributed by atoms with van der Waals surface area (Å²) in [6.07, 6.45) is 2.07. The highest BCUT2D eigenvalue weighted by Gasteiger charge is 2.22. The molecule has 1 N–H and O–H groups in total. The number of nitrogens with zero attached hydrogens (tertiary/aromatic N) is 2. The van der Waals surface area contributed by atoms with Crippen LogP contribution >= 0.6 is 0 Å². The molecule has 3 rings (SSSR count). The Morgan fingerprint density at radius 3 is 2.83 bits per heavy atom. The molecule has 1 fully saturated rings. The highest BCUT2D eigenvalue weighted by Crippen LogP contribution is 2.14. The van der Waals surface area contributed by atoms with Gasteiger partial charge in [-0.05, 0) is 43.1 Å². The van der Waals surface area contributed by atoms with Gasteiger partial charge in [-0.2, -0.15) is 5.26 Å². The predicted octanol–water partition coefficient (Wildman–Crippen LogP) is 2.95. The number of carbonyl (C=O) groups excluding carboxylic acids is 1. The van der Waals surface area contributed by atoms with Crippen molar-refractivity contribution in [3.63, 3.8) is 0 Å². The standard InChI is InChI=1S/C20H21N3O/c21-13-17-8-4-9-18(12-17)20(24)22-19-10-5-11-23(15-19)14-16-6-2-1-3-7-16/h1-4,6-9,12,19H,5,10-11,14-15H2,(H,22,24)/t19-/m0/s1. The van der Waals surface area contributed by atoms with Crippen LogP contribution in [0, 0.1) is 11.3 Å². The van der Waals surface area contributed by atoms with Crippen LogP contribution in [0.2, 0.25) is 0 Å². The molecule has 1 aliphatic rings. The van der Waals surface area contributed by atoms with Crippen molar-refractivity contribution >= 4 is 5.91 Å². The van der Waals surface area contributed by atoms with Crippen molar-refractivity contribution in [2.45, 2.75) is 25.4 Å². The topological polar surface area (TPSA) is 56.1 Å². The fraction of sp³-hybridized carbons (Fsp3) is 0.300. The quantitative estimate of drug-likeness (QED) is 0.942. The van der Waals surface area contributed by atoms with Crippen LogP contribution in [-0.4, -0.2) is 29.9 Å². The molecule has 4 nitrogen and oxygen atoms in total. The summed E-state index contributed by atoms with van der Waals surface area (Å²) < 4.78 is 0. The van der Waals surface area contributed by atoms with E-state index in [9.17, 15) is 4.79 Å². The highest BCUT2D eigenvalue weighted by atomic mass is 16.1. The average molecular weight is 319 g/mol. The molecule has 1 atom stereocenters. The summed E-state index contributed by atoms with van der Waals surface area (Å²) in [5, 5.41) is 12.1. The van der Waals surface area contributed by atoms with Crippen molar-refractivity contribution in [3.05, 3.63) is 71.3 Å². The second-order valence-corrected chi connectivity index (χ2v) is 6.23. The average Bonchev–Trinajstić information content (AvgIpc) is 2.63. The Morgan fingerprint density at radius 1 is 1.21 bits per heavy atom. The molecule has 122 valence electrons. The Labute approximate surface area is 142 Å². The SMILES string of the molecule is N#Cc1cccc(C(=O)N[C@H]2CCCN(Cc3ccccc3)C2)c1. The second-order valence-electron chi connectivity index (χ2n) is 6.23. The predicted molar refractivity (Wildman–Crippen MR) is 93.4 cm³/mol. The molecule has 0 unspecified atom stereocenters. The summed E-state index contributed by atoms with van der Waals surface area (Å²) >= 11 is 0. The van der Waals surface area contributed by atoms with E-state index in [0.717, 1.165) is 32.5 Å². The van der Waals surface area contributed by atoms with Crippen molar-refractivity contribution in [3.8, 4) is 6.07 Å². The first-order chi connectivity index (χ1) is 11.7. The van der Waals surface area contributed by atoms with Gasteiger partial charge in [-0.25, -0.2) is 0 Å². The van der Waals surface area contributed by atoms with Crippen molar-refractivity contribution in [1.82, 2.24) is 10.2 Å². The molecule has 2 aromatic carbocycles. The maximum atomic E-state index is 12.4. The van der Waals surface area contributed by atoms with E-state index in [1.165, 1.54) is 5.56 Å². The molecule has 2 aromatic rings. The lowest BCUT2D eigenvalue weighted by atomic mass is 10.0. The molecular weight excluding hydrogens is 298 g/mol. The van der Waals surface area contributed by atoms with E-state index in [4.69, 9.17) is 5.26 Å². The van der Waals surface area contributed by atoms with E-state index in [2.05, 4.69) is 40.6 Å². The summed E-state index contributed by atoms with van der Waals surface area (Å²) in [6, 6.07) is 19.5. The molecule has 1 saturated heterocycles. The Morgan fingerprint density at radius 2 is 2.04 bits per heavy atom. The minimum absolute atomic E-state index is 0.0985. The van der Waals surface area contributed by atoms with Crippen LogP contribution in [0.4, 0.5) is 0 Å². The number of nitriles is 1. The van der Waals surface area contributed by atoms with Gasteiger partial charge < -0.3 is 5.32 Å². The number of nitrogens with one attached hydrogen (secondary N) is 1. The van der Waals surface area contributed by atoms with Crippen molar-refractivity contribution in [1.29, 1.82) is 5.26 Å². The third-order valence-electron chi connectivity index (χ3n) is 4.34. The number of rotatable bonds is 4. The van der Waals surface area contributed by atoms with E-state index in [-0.39, 0.29) is 11.9 Å². The Kier molecular flexibility index (Phi) is 5.25. The number of likely N-dealkylation sites (tertiary alicyclic amines) is 1. The van der Waals surface area contributed by atoms with Crippen LogP contribution in [-0.2, 0) is 6.54 Å². The van der Waals surface area contributed by atoms with Gasteiger partial charge >= 0.3 is 0 Å². The van der Waals surface area contributed by atoms with Crippen LogP contribution in [0.1, 0.15) is 34.3 Å². The number of carbonyl (C=O) groups is 1. The van der Waals surface area contributed by atoms with E-state index >= 15 is 0 Å². The lowest BCUT2D eigenvalue weighted by molar-refractivity contribution is 0.0901. The molecule has 0 spiro atoms. The normalized spacial score (nSPS) is 17.9. The van der Waals surface area contributed by atoms with Gasteiger partial charge in [-0.15, -0.1) is 0 Å². The smallest absolute Gasteiger partial charge is 0.251 e. The van der Waals surface area contributed by atoms with Gasteiger partial charge in [-0.3, -0.25) is 9.69 Å². The lowest BCUT2D eigenvalue weighted by Crippen LogP contribution is -2.47. The van der Waals surface area contributed by atoms with Gasteiger partial charge in [0, 0.05) is 24.7 Å². The molecule has 24 heavy (non-hydrogen) atoms. The molecule has 1 amide bonds. The molecule has 4 heteroatoms. The number of amides is 1. The zero-order valence-electron chi connectivity index (χ0n) is 13.6. The van der Waals surface area contributed by atoms with Crippen molar-refractivity contribution < 1.29 is 4.79 Å². The van der Waals surface area contributed by atoms with Crippen LogP contribution < -0.4 is 5.32 Å². The fourth-order valence-corrected chi connectivity index (χ4v) is 3.16. The van der Waals surface area contributed by atoms with Crippen LogP contribution in [0.5, 0.6) is 0 Å². The van der Waals surface area contributed by atoms with E-state index in [0.29, 0.717) is 11.1 Å². The van der Waals surface area contributed by atoms with Gasteiger partial charge in [0.15, 0.2) is 0 Å². The third-order valence-corrected chi connectivity index (χ3v) is 4.34. The maximum absolute atomic E-state index is 12.4. The third kappa shape index (κ3) is 4.21. The zero-order chi connectivity index (χ0) is 16.8. The lowest BCUT2D eigenvalue weighted by Gasteiger charge is -2.33. The van der Waals surface area contributed by atoms with Gasteiger partial charge in [0.1, 0.15) is 0 Å². The monoisotopic (exact) mass is 319 g/mol. The van der Waals surface area contributed by atoms with Crippen LogP contribution in [0.25, 0.3) is 0 Å². The maximum Gasteiger partial charge on any atom is 0.251 e. The summed E-state index contributed by atoms with van der Waals surface area (Å²) in [5.74, 6) is -0.0985. The number of piperidine rings is 1. The van der Waals surface area contributed by atoms with Crippen LogP contribution in [0.15, 0.2) is 54.6 Å². The minimum Gasteiger partial charge on any atom is -0.348 e. The molecule has 0 bridgehead atoms. The first kappa shape index (κ1) is 16.2. The molecule has 0 aromatic heterocycles. The summed E-state index contributed by atoms with van der Waals surface area (Å²) in [6.45, 7) is 2.83. The molecular formula is C20H21N3O. The molecule has 0 saturated carbocycles. The van der Waals surface area contributed by atoms with Crippen molar-refractivity contribution in [2.24, 2.45) is 0 Å². The number of hydrogen-bond donors (Lipinski definition) is 1. The van der Waals surface area contributed by atoms with Gasteiger partial charge in [0.2, 0.25) is 0 Å². The molecule has 0 radical (unpaired) electrons. The number of hydrogen-bond acceptors (Lipinski definition) is 3. The van der Waals surface area contributed by atoms with E-state index < -0.39 is 0 Å². The highest BCUT2D eigenvalue weighted by molar-refractivity contribution is 5.94. The summed E-state index contributed by atoms with van der Waals surface area (Å²) in [4.78, 5) is 14.8. The Hall–Kier alpha value is -2.64. The largest absolute Gasteiger partial charge is 0.348 e. The van der Waals surface area contributed by atoms with E-state index in [1.54, 1.807) is 24.3 Å². The van der Waals surface area contributed by atoms with Crippen LogP contribution in [0.3, 0.4) is 0 Å². The first-order valence-corrected chi connectivity index (χ1v) is 8.32. The molecule has 1 heterocycles.